The predicted molar refractivity (Wildman–Crippen MR) is 99.0 cm³/mol. The summed E-state index contributed by atoms with van der Waals surface area (Å²) in [5.41, 5.74) is 6.17. The van der Waals surface area contributed by atoms with E-state index in [2.05, 4.69) is 20.7 Å². The summed E-state index contributed by atoms with van der Waals surface area (Å²) in [6.45, 7) is 4.59. The zero-order valence-electron chi connectivity index (χ0n) is 15.2. The highest BCUT2D eigenvalue weighted by Gasteiger charge is 2.33. The Balaban J connectivity index is 1.89. The van der Waals surface area contributed by atoms with Crippen molar-refractivity contribution in [3.8, 4) is 0 Å². The highest BCUT2D eigenvalue weighted by Crippen LogP contribution is 2.26. The zero-order valence-corrected chi connectivity index (χ0v) is 15.2. The fraction of sp³-hybridized carbons (Fsp3) is 0.444. The SMILES string of the molecule is CCC(CC)(CN)C(=O)Nc1ncn(CC(=O)NCc2ccccc2)n1. The molecule has 2 aromatic rings. The van der Waals surface area contributed by atoms with Crippen molar-refractivity contribution in [3.05, 3.63) is 42.2 Å². The Morgan fingerprint density at radius 3 is 2.50 bits per heavy atom. The smallest absolute Gasteiger partial charge is 0.248 e. The van der Waals surface area contributed by atoms with Gasteiger partial charge >= 0.3 is 0 Å². The second kappa shape index (κ2) is 9.10. The van der Waals surface area contributed by atoms with E-state index in [0.717, 1.165) is 5.56 Å². The summed E-state index contributed by atoms with van der Waals surface area (Å²) < 4.78 is 1.39. The van der Waals surface area contributed by atoms with Crippen LogP contribution < -0.4 is 16.4 Å². The number of carbonyl (C=O) groups is 2. The van der Waals surface area contributed by atoms with Crippen molar-refractivity contribution in [2.24, 2.45) is 11.1 Å². The van der Waals surface area contributed by atoms with Crippen LogP contribution in [-0.4, -0.2) is 33.1 Å². The van der Waals surface area contributed by atoms with Crippen molar-refractivity contribution in [2.75, 3.05) is 11.9 Å². The Bertz CT molecular complexity index is 716. The molecule has 140 valence electrons. The molecular formula is C18H26N6O2. The van der Waals surface area contributed by atoms with Gasteiger partial charge in [0.25, 0.3) is 0 Å². The molecule has 1 aromatic carbocycles. The minimum Gasteiger partial charge on any atom is -0.350 e. The number of hydrogen-bond donors (Lipinski definition) is 3. The standard InChI is InChI=1S/C18H26N6O2/c1-3-18(4-2,12-19)16(26)22-17-21-13-24(23-17)11-15(25)20-10-14-8-6-5-7-9-14/h5-9,13H,3-4,10-12,19H2,1-2H3,(H,20,25)(H,22,23,26). The van der Waals surface area contributed by atoms with Gasteiger partial charge in [0, 0.05) is 13.1 Å². The number of nitrogens with zero attached hydrogens (tertiary/aromatic N) is 3. The fourth-order valence-electron chi connectivity index (χ4n) is 2.61. The summed E-state index contributed by atoms with van der Waals surface area (Å²) in [4.78, 5) is 28.5. The highest BCUT2D eigenvalue weighted by atomic mass is 16.2. The molecule has 0 radical (unpaired) electrons. The van der Waals surface area contributed by atoms with E-state index in [1.165, 1.54) is 11.0 Å². The van der Waals surface area contributed by atoms with E-state index in [4.69, 9.17) is 5.73 Å². The molecule has 0 aliphatic heterocycles. The third-order valence-corrected chi connectivity index (χ3v) is 4.63. The van der Waals surface area contributed by atoms with Crippen LogP contribution >= 0.6 is 0 Å². The first kappa shape index (κ1) is 19.6. The van der Waals surface area contributed by atoms with Gasteiger partial charge in [-0.1, -0.05) is 44.2 Å². The molecule has 2 amide bonds. The van der Waals surface area contributed by atoms with E-state index in [1.807, 2.05) is 44.2 Å². The van der Waals surface area contributed by atoms with Gasteiger partial charge < -0.3 is 11.1 Å². The average molecular weight is 358 g/mol. The van der Waals surface area contributed by atoms with Crippen LogP contribution in [-0.2, 0) is 22.7 Å². The zero-order chi connectivity index (χ0) is 19.0. The first-order valence-corrected chi connectivity index (χ1v) is 8.74. The van der Waals surface area contributed by atoms with E-state index in [-0.39, 0.29) is 30.9 Å². The monoisotopic (exact) mass is 358 g/mol. The van der Waals surface area contributed by atoms with E-state index in [9.17, 15) is 9.59 Å². The summed E-state index contributed by atoms with van der Waals surface area (Å²) in [6.07, 6.45) is 2.68. The van der Waals surface area contributed by atoms with Gasteiger partial charge in [0.1, 0.15) is 12.9 Å². The second-order valence-electron chi connectivity index (χ2n) is 6.17. The Morgan fingerprint density at radius 2 is 1.88 bits per heavy atom. The van der Waals surface area contributed by atoms with Crippen molar-refractivity contribution in [1.82, 2.24) is 20.1 Å². The largest absolute Gasteiger partial charge is 0.350 e. The third-order valence-electron chi connectivity index (χ3n) is 4.63. The Morgan fingerprint density at radius 1 is 1.19 bits per heavy atom. The molecular weight excluding hydrogens is 332 g/mol. The maximum Gasteiger partial charge on any atom is 0.248 e. The van der Waals surface area contributed by atoms with Crippen LogP contribution in [0.2, 0.25) is 0 Å². The van der Waals surface area contributed by atoms with Crippen LogP contribution in [0.4, 0.5) is 5.95 Å². The molecule has 8 nitrogen and oxygen atoms in total. The quantitative estimate of drug-likeness (QED) is 0.625. The third kappa shape index (κ3) is 4.89. The van der Waals surface area contributed by atoms with Crippen LogP contribution in [0.1, 0.15) is 32.3 Å². The number of rotatable bonds is 9. The van der Waals surface area contributed by atoms with E-state index in [1.54, 1.807) is 0 Å². The van der Waals surface area contributed by atoms with Crippen LogP contribution in [0.15, 0.2) is 36.7 Å². The van der Waals surface area contributed by atoms with Gasteiger partial charge in [0.15, 0.2) is 0 Å². The maximum atomic E-state index is 12.5. The predicted octanol–water partition coefficient (Wildman–Crippen LogP) is 1.30. The van der Waals surface area contributed by atoms with Crippen LogP contribution in [0.5, 0.6) is 0 Å². The molecule has 1 heterocycles. The van der Waals surface area contributed by atoms with Crippen molar-refractivity contribution >= 4 is 17.8 Å². The first-order chi connectivity index (χ1) is 12.5. The van der Waals surface area contributed by atoms with Gasteiger partial charge in [-0.3, -0.25) is 14.9 Å². The van der Waals surface area contributed by atoms with Crippen molar-refractivity contribution in [3.63, 3.8) is 0 Å². The van der Waals surface area contributed by atoms with Crippen LogP contribution in [0.25, 0.3) is 0 Å². The highest BCUT2D eigenvalue weighted by molar-refractivity contribution is 5.94. The van der Waals surface area contributed by atoms with Gasteiger partial charge in [-0.15, -0.1) is 5.10 Å². The number of anilines is 1. The van der Waals surface area contributed by atoms with E-state index < -0.39 is 5.41 Å². The summed E-state index contributed by atoms with van der Waals surface area (Å²) in [7, 11) is 0. The van der Waals surface area contributed by atoms with Crippen molar-refractivity contribution in [1.29, 1.82) is 0 Å². The topological polar surface area (TPSA) is 115 Å². The number of amides is 2. The Labute approximate surface area is 153 Å². The molecule has 8 heteroatoms. The van der Waals surface area contributed by atoms with Gasteiger partial charge in [-0.05, 0) is 18.4 Å². The molecule has 0 saturated carbocycles. The second-order valence-corrected chi connectivity index (χ2v) is 6.17. The van der Waals surface area contributed by atoms with Crippen molar-refractivity contribution in [2.45, 2.75) is 39.8 Å². The van der Waals surface area contributed by atoms with Crippen LogP contribution in [0, 0.1) is 5.41 Å². The molecule has 1 aromatic heterocycles. The van der Waals surface area contributed by atoms with E-state index >= 15 is 0 Å². The van der Waals surface area contributed by atoms with Gasteiger partial charge in [0.05, 0.1) is 5.41 Å². The number of hydrogen-bond acceptors (Lipinski definition) is 5. The number of nitrogens with one attached hydrogen (secondary N) is 2. The maximum absolute atomic E-state index is 12.5. The molecule has 0 bridgehead atoms. The fourth-order valence-corrected chi connectivity index (χ4v) is 2.61. The van der Waals surface area contributed by atoms with Crippen LogP contribution in [0.3, 0.4) is 0 Å². The molecule has 0 aliphatic carbocycles. The lowest BCUT2D eigenvalue weighted by molar-refractivity contribution is -0.125. The minimum absolute atomic E-state index is 0.0271. The lowest BCUT2D eigenvalue weighted by atomic mass is 9.81. The molecule has 0 spiro atoms. The van der Waals surface area contributed by atoms with Gasteiger partial charge in [-0.2, -0.15) is 0 Å². The molecule has 4 N–H and O–H groups in total. The summed E-state index contributed by atoms with van der Waals surface area (Å²) >= 11 is 0. The van der Waals surface area contributed by atoms with Gasteiger partial charge in [-0.25, -0.2) is 9.67 Å². The molecule has 0 atom stereocenters. The minimum atomic E-state index is -0.626. The number of carbonyl (C=O) groups excluding carboxylic acids is 2. The average Bonchev–Trinajstić information content (AvgIpc) is 3.09. The lowest BCUT2D eigenvalue weighted by Gasteiger charge is -2.27. The normalized spacial score (nSPS) is 11.2. The van der Waals surface area contributed by atoms with Gasteiger partial charge in [0.2, 0.25) is 17.8 Å². The summed E-state index contributed by atoms with van der Waals surface area (Å²) in [6, 6.07) is 9.64. The first-order valence-electron chi connectivity index (χ1n) is 8.74. The number of benzene rings is 1. The summed E-state index contributed by atoms with van der Waals surface area (Å²) in [5.74, 6) is -0.211. The molecule has 0 aliphatic rings. The number of aromatic nitrogens is 3. The van der Waals surface area contributed by atoms with Crippen molar-refractivity contribution < 1.29 is 9.59 Å². The molecule has 0 saturated heterocycles. The Kier molecular flexibility index (Phi) is 6.85. The van der Waals surface area contributed by atoms with E-state index in [0.29, 0.717) is 19.4 Å². The summed E-state index contributed by atoms with van der Waals surface area (Å²) in [5, 5.41) is 9.64. The Hall–Kier alpha value is -2.74. The molecule has 26 heavy (non-hydrogen) atoms. The lowest BCUT2D eigenvalue weighted by Crippen LogP contribution is -2.41. The number of nitrogens with two attached hydrogens (primary N) is 1. The molecule has 0 fully saturated rings. The molecule has 0 unspecified atom stereocenters. The molecule has 2 rings (SSSR count).